The zero-order valence-electron chi connectivity index (χ0n) is 17.2. The fourth-order valence-electron chi connectivity index (χ4n) is 3.15. The largest absolute Gasteiger partial charge is 0.459 e. The van der Waals surface area contributed by atoms with E-state index < -0.39 is 5.97 Å². The molecule has 1 aliphatic heterocycles. The van der Waals surface area contributed by atoms with Crippen LogP contribution in [0.3, 0.4) is 0 Å². The van der Waals surface area contributed by atoms with Gasteiger partial charge in [0.05, 0.1) is 17.0 Å². The van der Waals surface area contributed by atoms with Gasteiger partial charge in [-0.25, -0.2) is 9.78 Å². The van der Waals surface area contributed by atoms with E-state index in [1.54, 1.807) is 23.1 Å². The molecule has 0 bridgehead atoms. The number of piperazine rings is 1. The molecule has 32 heavy (non-hydrogen) atoms. The average molecular weight is 453 g/mol. The molecule has 4 heterocycles. The lowest BCUT2D eigenvalue weighted by Crippen LogP contribution is -2.50. The van der Waals surface area contributed by atoms with E-state index in [9.17, 15) is 14.9 Å². The molecule has 3 aromatic rings. The maximum atomic E-state index is 12.4. The van der Waals surface area contributed by atoms with Crippen LogP contribution in [0.2, 0.25) is 0 Å². The third-order valence-corrected chi connectivity index (χ3v) is 5.52. The van der Waals surface area contributed by atoms with Crippen LogP contribution in [0.1, 0.15) is 16.4 Å². The van der Waals surface area contributed by atoms with Gasteiger partial charge in [0.25, 0.3) is 11.8 Å². The van der Waals surface area contributed by atoms with Crippen molar-refractivity contribution in [2.75, 3.05) is 37.7 Å². The fraction of sp³-hybridized carbons (Fsp3) is 0.286. The van der Waals surface area contributed by atoms with Gasteiger partial charge in [0.1, 0.15) is 6.07 Å². The maximum absolute atomic E-state index is 12.4. The zero-order chi connectivity index (χ0) is 22.5. The van der Waals surface area contributed by atoms with Crippen molar-refractivity contribution < 1.29 is 23.2 Å². The highest BCUT2D eigenvalue weighted by atomic mass is 32.1. The molecule has 1 amide bonds. The van der Waals surface area contributed by atoms with E-state index in [0.717, 1.165) is 5.01 Å². The van der Waals surface area contributed by atoms with Gasteiger partial charge < -0.3 is 23.4 Å². The molecule has 0 aliphatic carbocycles. The Labute approximate surface area is 187 Å². The SMILES string of the molecule is Cc1nc(/C=C/C(=O)OCC(=O)N2CCN(c3oc(-c4ccco4)nc3C#N)CC2)cs1. The number of nitrogens with zero attached hydrogens (tertiary/aromatic N) is 5. The third kappa shape index (κ3) is 4.87. The molecule has 1 aliphatic rings. The van der Waals surface area contributed by atoms with Gasteiger partial charge in [0, 0.05) is 37.6 Å². The summed E-state index contributed by atoms with van der Waals surface area (Å²) in [6.45, 7) is 3.22. The molecule has 1 fully saturated rings. The number of oxazole rings is 1. The van der Waals surface area contributed by atoms with Crippen molar-refractivity contribution in [3.05, 3.63) is 46.2 Å². The Morgan fingerprint density at radius 3 is 2.78 bits per heavy atom. The van der Waals surface area contributed by atoms with E-state index in [2.05, 4.69) is 9.97 Å². The average Bonchev–Trinajstić information content (AvgIpc) is 3.56. The van der Waals surface area contributed by atoms with Crippen molar-refractivity contribution >= 4 is 35.2 Å². The van der Waals surface area contributed by atoms with Crippen LogP contribution in [-0.4, -0.2) is 59.5 Å². The summed E-state index contributed by atoms with van der Waals surface area (Å²) in [5.41, 5.74) is 0.832. The second kappa shape index (κ2) is 9.49. The summed E-state index contributed by atoms with van der Waals surface area (Å²) in [5, 5.41) is 12.1. The van der Waals surface area contributed by atoms with E-state index >= 15 is 0 Å². The molecule has 0 unspecified atom stereocenters. The number of anilines is 1. The van der Waals surface area contributed by atoms with Crippen molar-refractivity contribution in [3.8, 4) is 17.7 Å². The van der Waals surface area contributed by atoms with E-state index in [1.165, 1.54) is 23.7 Å². The molecule has 0 radical (unpaired) electrons. The highest BCUT2D eigenvalue weighted by Crippen LogP contribution is 2.29. The number of esters is 1. The predicted molar refractivity (Wildman–Crippen MR) is 115 cm³/mol. The van der Waals surface area contributed by atoms with Crippen LogP contribution in [0, 0.1) is 18.3 Å². The number of furan rings is 1. The molecule has 3 aromatic heterocycles. The van der Waals surface area contributed by atoms with E-state index in [1.807, 2.05) is 23.3 Å². The number of carbonyl (C=O) groups excluding carboxylic acids is 2. The minimum Gasteiger partial charge on any atom is -0.459 e. The monoisotopic (exact) mass is 453 g/mol. The first-order valence-corrected chi connectivity index (χ1v) is 10.7. The Bertz CT molecular complexity index is 1170. The smallest absolute Gasteiger partial charge is 0.331 e. The molecule has 0 atom stereocenters. The number of aromatic nitrogens is 2. The third-order valence-electron chi connectivity index (χ3n) is 4.73. The van der Waals surface area contributed by atoms with Crippen molar-refractivity contribution in [2.24, 2.45) is 0 Å². The number of hydrogen-bond acceptors (Lipinski definition) is 10. The summed E-state index contributed by atoms with van der Waals surface area (Å²) in [4.78, 5) is 36.1. The number of carbonyl (C=O) groups is 2. The van der Waals surface area contributed by atoms with Crippen LogP contribution in [0.25, 0.3) is 17.7 Å². The van der Waals surface area contributed by atoms with Crippen LogP contribution < -0.4 is 4.90 Å². The molecule has 1 saturated heterocycles. The maximum Gasteiger partial charge on any atom is 0.331 e. The molecular weight excluding hydrogens is 434 g/mol. The predicted octanol–water partition coefficient (Wildman–Crippen LogP) is 2.48. The Balaban J connectivity index is 1.28. The first-order valence-electron chi connectivity index (χ1n) is 9.78. The number of nitriles is 1. The van der Waals surface area contributed by atoms with Gasteiger partial charge in [-0.2, -0.15) is 10.2 Å². The first-order chi connectivity index (χ1) is 15.5. The van der Waals surface area contributed by atoms with E-state index in [0.29, 0.717) is 43.5 Å². The number of amides is 1. The molecular formula is C21H19N5O5S. The summed E-state index contributed by atoms with van der Waals surface area (Å²) in [7, 11) is 0. The van der Waals surface area contributed by atoms with Gasteiger partial charge in [-0.1, -0.05) is 0 Å². The summed E-state index contributed by atoms with van der Waals surface area (Å²) < 4.78 is 16.1. The summed E-state index contributed by atoms with van der Waals surface area (Å²) >= 11 is 1.48. The Kier molecular flexibility index (Phi) is 6.32. The molecule has 10 nitrogen and oxygen atoms in total. The molecule has 0 N–H and O–H groups in total. The first kappa shape index (κ1) is 21.3. The lowest BCUT2D eigenvalue weighted by molar-refractivity contribution is -0.148. The van der Waals surface area contributed by atoms with Gasteiger partial charge in [-0.05, 0) is 25.1 Å². The highest BCUT2D eigenvalue weighted by Gasteiger charge is 2.27. The van der Waals surface area contributed by atoms with Crippen LogP contribution in [-0.2, 0) is 14.3 Å². The lowest BCUT2D eigenvalue weighted by Gasteiger charge is -2.34. The fourth-order valence-corrected chi connectivity index (χ4v) is 3.73. The Morgan fingerprint density at radius 2 is 2.12 bits per heavy atom. The number of aryl methyl sites for hydroxylation is 1. The summed E-state index contributed by atoms with van der Waals surface area (Å²) in [5.74, 6) is 0.119. The number of rotatable bonds is 6. The highest BCUT2D eigenvalue weighted by molar-refractivity contribution is 7.09. The van der Waals surface area contributed by atoms with Crippen molar-refractivity contribution in [2.45, 2.75) is 6.92 Å². The topological polar surface area (TPSA) is 126 Å². The molecule has 0 saturated carbocycles. The number of thiazole rings is 1. The van der Waals surface area contributed by atoms with Gasteiger partial charge in [-0.15, -0.1) is 11.3 Å². The van der Waals surface area contributed by atoms with Gasteiger partial charge in [0.15, 0.2) is 12.4 Å². The van der Waals surface area contributed by atoms with Crippen molar-refractivity contribution in [3.63, 3.8) is 0 Å². The molecule has 4 rings (SSSR count). The minimum atomic E-state index is -0.603. The quantitative estimate of drug-likeness (QED) is 0.409. The van der Waals surface area contributed by atoms with Crippen LogP contribution >= 0.6 is 11.3 Å². The molecule has 11 heteroatoms. The van der Waals surface area contributed by atoms with Crippen molar-refractivity contribution in [1.29, 1.82) is 5.26 Å². The number of ether oxygens (including phenoxy) is 1. The minimum absolute atomic E-state index is 0.159. The Hall–Kier alpha value is -3.91. The van der Waals surface area contributed by atoms with E-state index in [-0.39, 0.29) is 24.1 Å². The van der Waals surface area contributed by atoms with Crippen LogP contribution in [0.15, 0.2) is 38.7 Å². The zero-order valence-corrected chi connectivity index (χ0v) is 18.0. The van der Waals surface area contributed by atoms with Crippen LogP contribution in [0.5, 0.6) is 0 Å². The van der Waals surface area contributed by atoms with Gasteiger partial charge >= 0.3 is 5.97 Å². The standard InChI is InChI=1S/C21H19N5O5S/c1-14-23-15(13-32-14)4-5-19(28)30-12-18(27)25-6-8-26(9-7-25)21-16(11-22)24-20(31-21)17-3-2-10-29-17/h2-5,10,13H,6-9,12H2,1H3/b5-4+. The normalized spacial score (nSPS) is 14.0. The summed E-state index contributed by atoms with van der Waals surface area (Å²) in [6, 6.07) is 5.43. The van der Waals surface area contributed by atoms with E-state index in [4.69, 9.17) is 13.6 Å². The van der Waals surface area contributed by atoms with Crippen molar-refractivity contribution in [1.82, 2.24) is 14.9 Å². The lowest BCUT2D eigenvalue weighted by atomic mass is 10.3. The van der Waals surface area contributed by atoms with Gasteiger partial charge in [-0.3, -0.25) is 4.79 Å². The van der Waals surface area contributed by atoms with Gasteiger partial charge in [0.2, 0.25) is 11.6 Å². The Morgan fingerprint density at radius 1 is 1.31 bits per heavy atom. The molecule has 0 aromatic carbocycles. The molecule has 164 valence electrons. The van der Waals surface area contributed by atoms with Crippen LogP contribution in [0.4, 0.5) is 5.88 Å². The number of hydrogen-bond donors (Lipinski definition) is 0. The second-order valence-electron chi connectivity index (χ2n) is 6.86. The molecule has 0 spiro atoms. The summed E-state index contributed by atoms with van der Waals surface area (Å²) in [6.07, 6.45) is 4.30. The second-order valence-corrected chi connectivity index (χ2v) is 7.92.